The summed E-state index contributed by atoms with van der Waals surface area (Å²) in [6, 6.07) is 81.9. The molecule has 0 amide bonds. The Kier molecular flexibility index (Phi) is 17.8. The number of aryl methyl sites for hydroxylation is 4. The summed E-state index contributed by atoms with van der Waals surface area (Å²) < 4.78 is 40.2. The van der Waals surface area contributed by atoms with E-state index in [2.05, 4.69) is 285 Å². The van der Waals surface area contributed by atoms with Crippen LogP contribution in [0.4, 0.5) is 8.78 Å². The van der Waals surface area contributed by atoms with Gasteiger partial charge in [-0.2, -0.15) is 0 Å². The molecule has 2 N–H and O–H groups in total. The van der Waals surface area contributed by atoms with Crippen molar-refractivity contribution >= 4 is 283 Å². The van der Waals surface area contributed by atoms with E-state index in [1.807, 2.05) is 46.9 Å². The van der Waals surface area contributed by atoms with E-state index in [0.29, 0.717) is 12.9 Å². The van der Waals surface area contributed by atoms with Gasteiger partial charge in [-0.3, -0.25) is 8.78 Å². The average Bonchev–Trinajstić information content (AvgIpc) is 1.54. The number of aromatic nitrogens is 3. The summed E-state index contributed by atoms with van der Waals surface area (Å²) in [5.74, 6) is 0.583. The van der Waals surface area contributed by atoms with Gasteiger partial charge in [0.25, 0.3) is 0 Å². The first-order valence-electron chi connectivity index (χ1n) is 39.8. The Morgan fingerprint density at radius 1 is 0.276 bits per heavy atom. The van der Waals surface area contributed by atoms with Gasteiger partial charge in [0, 0.05) is 131 Å². The normalized spacial score (nSPS) is 12.7. The fourth-order valence-electron chi connectivity index (χ4n) is 18.4. The van der Waals surface area contributed by atoms with Crippen LogP contribution in [0.5, 0.6) is 11.5 Å². The van der Waals surface area contributed by atoms with Crippen LogP contribution >= 0.6 is 64.2 Å². The topological polar surface area (TPSA) is 53.7 Å². The third kappa shape index (κ3) is 12.1. The maximum Gasteiger partial charge on any atom is 0.643 e. The fourth-order valence-corrected chi connectivity index (χ4v) is 22.0. The van der Waals surface area contributed by atoms with Gasteiger partial charge in [0.05, 0.1) is 65.4 Å². The molecule has 24 aromatic rings. The van der Waals surface area contributed by atoms with Gasteiger partial charge in [-0.15, -0.1) is 34.0 Å². The monoisotopic (exact) mass is 1650 g/mol. The zero-order valence-corrected chi connectivity index (χ0v) is 72.8. The van der Waals surface area contributed by atoms with E-state index in [1.165, 1.54) is 230 Å². The molecule has 116 heavy (non-hydrogen) atoms. The molecule has 0 fully saturated rings. The zero-order valence-electron chi connectivity index (χ0n) is 67.9. The highest BCUT2D eigenvalue weighted by Crippen LogP contribution is 2.50. The maximum atomic E-state index is 10.4. The van der Waals surface area contributed by atoms with Crippen LogP contribution in [0.25, 0.3) is 207 Å². The first-order valence-corrected chi connectivity index (χ1v) is 46.7. The number of nitrogens with zero attached hydrogens (tertiary/aromatic N) is 3. The van der Waals surface area contributed by atoms with E-state index in [1.54, 1.807) is 23.5 Å². The minimum atomic E-state index is -1.72. The van der Waals surface area contributed by atoms with Crippen LogP contribution < -0.4 is 0 Å². The number of benzene rings is 15. The summed E-state index contributed by atoms with van der Waals surface area (Å²) in [6.45, 7) is 29.5. The molecule has 0 radical (unpaired) electrons. The van der Waals surface area contributed by atoms with Gasteiger partial charge in [-0.05, 0) is 279 Å². The third-order valence-electron chi connectivity index (χ3n) is 24.0. The van der Waals surface area contributed by atoms with Crippen LogP contribution in [0.2, 0.25) is 0 Å². The number of phenolic OH excluding ortho intramolecular Hbond substituents is 2. The van der Waals surface area contributed by atoms with Crippen LogP contribution in [0.1, 0.15) is 103 Å². The molecular weight excluding hydrogens is 1570 g/mol. The largest absolute Gasteiger partial charge is 0.643 e. The molecule has 0 saturated heterocycles. The quantitative estimate of drug-likeness (QED) is 0.149. The maximum absolute atomic E-state index is 10.4. The molecular formula is C102H83AlCl3F2N3O2S3. The van der Waals surface area contributed by atoms with Crippen molar-refractivity contribution in [3.63, 3.8) is 0 Å². The lowest BCUT2D eigenvalue weighted by molar-refractivity contribution is 0.475. The van der Waals surface area contributed by atoms with E-state index < -0.39 is 18.5 Å². The number of rotatable bonds is 0. The Bertz CT molecular complexity index is 7490. The van der Waals surface area contributed by atoms with Crippen molar-refractivity contribution < 1.29 is 20.4 Å². The molecule has 15 aromatic carbocycles. The molecule has 0 bridgehead atoms. The molecule has 24 rings (SSSR count). The second kappa shape index (κ2) is 27.6. The van der Waals surface area contributed by atoms with Crippen LogP contribution in [-0.4, -0.2) is 49.1 Å². The van der Waals surface area contributed by atoms with Crippen molar-refractivity contribution in [2.45, 2.75) is 106 Å². The molecule has 5 nitrogen and oxygen atoms in total. The molecule has 9 heterocycles. The summed E-state index contributed by atoms with van der Waals surface area (Å²) in [5, 5.41) is 51.7. The summed E-state index contributed by atoms with van der Waals surface area (Å²) >= 11 is 3.81. The Labute approximate surface area is 699 Å². The number of thiophene rings is 3. The molecule has 0 aliphatic rings. The third-order valence-corrected chi connectivity index (χ3v) is 27.3. The molecule has 0 aliphatic carbocycles. The van der Waals surface area contributed by atoms with Crippen molar-refractivity contribution in [2.24, 2.45) is 0 Å². The van der Waals surface area contributed by atoms with Crippen molar-refractivity contribution in [3.8, 4) is 11.5 Å². The highest BCUT2D eigenvalue weighted by Gasteiger charge is 2.28. The molecule has 14 heteroatoms. The van der Waals surface area contributed by atoms with Gasteiger partial charge >= 0.3 is 11.4 Å². The number of aromatic hydroxyl groups is 2. The van der Waals surface area contributed by atoms with Crippen LogP contribution in [0.3, 0.4) is 0 Å². The van der Waals surface area contributed by atoms with Gasteiger partial charge < -0.3 is 23.4 Å². The van der Waals surface area contributed by atoms with Crippen molar-refractivity contribution in [1.29, 1.82) is 0 Å². The van der Waals surface area contributed by atoms with E-state index in [9.17, 15) is 19.0 Å². The fraction of sp³-hybridized carbons (Fsp3) is 0.176. The molecule has 0 spiro atoms. The SMILES string of the molecule is CC(C)(C)c1cc2c3ccc(O)cc3n3c4cc5cc6sc7cc(O)ccc7c6cc5cc4c(c1)c23.CF.Cc1ccc2c(c1)sc1cc3cc4c(cc3cc12)c1cc(C(C)(C)C)cc2c3ccc(C)cc3n4c21.Cc1ccc2c(c1)sc1cc3cc4c(cc3cc12)c1cc(C(C)(C)C)cc2c3ccc(C)cc3n4c21.[2H]CF.[Cl][Al]([Cl])[Cl]. The van der Waals surface area contributed by atoms with Gasteiger partial charge in [-0.25, -0.2) is 30.1 Å². The Morgan fingerprint density at radius 2 is 0.500 bits per heavy atom. The van der Waals surface area contributed by atoms with E-state index in [4.69, 9.17) is 31.5 Å². The lowest BCUT2D eigenvalue weighted by Gasteiger charge is -2.19. The van der Waals surface area contributed by atoms with Gasteiger partial charge in [0.1, 0.15) is 11.5 Å². The number of fused-ring (bicyclic) bond motifs is 30. The standard InChI is InChI=1S/2C34H27NS.C32H23NO2S.2CH3F.Al.3ClH/c2*1-18-6-8-23-27-16-22(34(3,4)5)17-28-25-12-20-13-26-24-9-7-19(2)11-31(24)36-32(26)15-21(20)14-30(25)35(33(27)28)29(23)10-18;1-32(2,3)18-12-25-21-6-4-19(34)14-28(21)33-27-10-17-11-29-24(22-7-5-20(35)15-30(22)36-29)9-16(17)8-23(27)26(13-18)31(25)33;2*1-2;;;;/h2*6-17H,1-5H3;4-15,34-35H,1-3H3;2*1H3;;3*1H/q;;;;;+3;;;/p-3/i;;;1D;;;;;. The number of halogens is 5. The summed E-state index contributed by atoms with van der Waals surface area (Å²) in [5.41, 5.74) is 20.9. The molecule has 0 unspecified atom stereocenters. The lowest BCUT2D eigenvalue weighted by Crippen LogP contribution is -2.10. The predicted octanol–water partition coefficient (Wildman–Crippen LogP) is 32.5. The first-order chi connectivity index (χ1) is 55.9. The first kappa shape index (κ1) is 74.8. The Hall–Kier alpha value is -10.00. The van der Waals surface area contributed by atoms with Gasteiger partial charge in [-0.1, -0.05) is 111 Å². The molecule has 0 aliphatic heterocycles. The number of alkyl halides is 2. The zero-order chi connectivity index (χ0) is 81.8. The van der Waals surface area contributed by atoms with Crippen LogP contribution in [0, 0.1) is 27.7 Å². The molecule has 0 atom stereocenters. The molecule has 9 aromatic heterocycles. The van der Waals surface area contributed by atoms with E-state index >= 15 is 0 Å². The summed E-state index contributed by atoms with van der Waals surface area (Å²) in [6.07, 6.45) is 0. The predicted molar refractivity (Wildman–Crippen MR) is 510 cm³/mol. The lowest BCUT2D eigenvalue weighted by atomic mass is 9.85. The highest BCUT2D eigenvalue weighted by molar-refractivity contribution is 7.54. The Balaban J connectivity index is 0.000000111. The highest BCUT2D eigenvalue weighted by atomic mass is 35.8. The number of hydrogen-bond acceptors (Lipinski definition) is 5. The Morgan fingerprint density at radius 3 is 0.819 bits per heavy atom. The number of phenols is 2. The smallest absolute Gasteiger partial charge is 0.508 e. The average molecular weight is 1650 g/mol. The van der Waals surface area contributed by atoms with E-state index in [0.717, 1.165) is 15.7 Å². The minimum Gasteiger partial charge on any atom is -0.508 e. The van der Waals surface area contributed by atoms with Crippen LogP contribution in [0.15, 0.2) is 218 Å². The second-order valence-electron chi connectivity index (χ2n) is 34.7. The number of hydrogen-bond donors (Lipinski definition) is 2. The van der Waals surface area contributed by atoms with Crippen LogP contribution in [-0.2, 0) is 16.2 Å². The van der Waals surface area contributed by atoms with Crippen molar-refractivity contribution in [2.75, 3.05) is 14.3 Å². The van der Waals surface area contributed by atoms with Gasteiger partial charge in [0.2, 0.25) is 0 Å². The summed E-state index contributed by atoms with van der Waals surface area (Å²) in [7, 11) is 14.3. The van der Waals surface area contributed by atoms with Gasteiger partial charge in [0.15, 0.2) is 0 Å². The molecule has 0 saturated carbocycles. The van der Waals surface area contributed by atoms with Crippen molar-refractivity contribution in [1.82, 2.24) is 13.2 Å². The van der Waals surface area contributed by atoms with Crippen molar-refractivity contribution in [3.05, 3.63) is 257 Å². The summed E-state index contributed by atoms with van der Waals surface area (Å²) in [4.78, 5) is 0. The minimum absolute atomic E-state index is 0.0168. The molecule has 574 valence electrons. The van der Waals surface area contributed by atoms with E-state index in [-0.39, 0.29) is 22.0 Å². The second-order valence-corrected chi connectivity index (χ2v) is 44.4.